The first-order valence-electron chi connectivity index (χ1n) is 13.2. The zero-order valence-electron chi connectivity index (χ0n) is 22.1. The summed E-state index contributed by atoms with van der Waals surface area (Å²) in [5, 5.41) is 3.40. The third-order valence-corrected chi connectivity index (χ3v) is 10.7. The molecule has 1 amide bonds. The molecule has 0 radical (unpaired) electrons. The van der Waals surface area contributed by atoms with Gasteiger partial charge in [0.25, 0.3) is 5.91 Å². The molecule has 1 fully saturated rings. The molecule has 202 valence electrons. The van der Waals surface area contributed by atoms with Crippen LogP contribution in [-0.2, 0) is 27.7 Å². The Morgan fingerprint density at radius 2 is 1.84 bits per heavy atom. The molecular weight excluding hydrogens is 510 g/mol. The van der Waals surface area contributed by atoms with E-state index in [9.17, 15) is 18.0 Å². The zero-order chi connectivity index (χ0) is 26.7. The number of esters is 1. The highest BCUT2D eigenvalue weighted by Gasteiger charge is 2.33. The maximum Gasteiger partial charge on any atom is 0.341 e. The summed E-state index contributed by atoms with van der Waals surface area (Å²) in [5.74, 6) is -0.808. The Kier molecular flexibility index (Phi) is 8.73. The predicted octanol–water partition coefficient (Wildman–Crippen LogP) is 3.48. The van der Waals surface area contributed by atoms with E-state index >= 15 is 0 Å². The van der Waals surface area contributed by atoms with Crippen molar-refractivity contribution in [3.63, 3.8) is 0 Å². The van der Waals surface area contributed by atoms with Crippen molar-refractivity contribution in [1.29, 1.82) is 0 Å². The smallest absolute Gasteiger partial charge is 0.341 e. The lowest BCUT2D eigenvalue weighted by Crippen LogP contribution is -3.14. The average molecular weight is 549 g/mol. The Balaban J connectivity index is 1.54. The van der Waals surface area contributed by atoms with Crippen molar-refractivity contribution in [3.05, 3.63) is 45.8 Å². The van der Waals surface area contributed by atoms with E-state index in [1.165, 1.54) is 44.8 Å². The highest BCUT2D eigenvalue weighted by molar-refractivity contribution is 7.89. The molecule has 0 spiro atoms. The van der Waals surface area contributed by atoms with Crippen LogP contribution in [0.1, 0.15) is 84.0 Å². The molecule has 1 aromatic carbocycles. The lowest BCUT2D eigenvalue weighted by molar-refractivity contribution is -0.936. The zero-order valence-corrected chi connectivity index (χ0v) is 23.8. The summed E-state index contributed by atoms with van der Waals surface area (Å²) in [6, 6.07) is 6.50. The highest BCUT2D eigenvalue weighted by Crippen LogP contribution is 2.36. The Bertz CT molecular complexity index is 1230. The van der Waals surface area contributed by atoms with E-state index in [-0.39, 0.29) is 23.5 Å². The number of quaternary nitrogens is 1. The van der Waals surface area contributed by atoms with Gasteiger partial charge >= 0.3 is 5.97 Å². The minimum atomic E-state index is -3.64. The molecule has 2 N–H and O–H groups in total. The second kappa shape index (κ2) is 11.6. The van der Waals surface area contributed by atoms with E-state index in [0.29, 0.717) is 22.2 Å². The average Bonchev–Trinajstić information content (AvgIpc) is 3.25. The molecule has 0 saturated heterocycles. The normalized spacial score (nSPS) is 18.6. The summed E-state index contributed by atoms with van der Waals surface area (Å²) in [5.41, 5.74) is 1.75. The lowest BCUT2D eigenvalue weighted by atomic mass is 9.96. The van der Waals surface area contributed by atoms with Crippen LogP contribution in [0.4, 0.5) is 5.00 Å². The quantitative estimate of drug-likeness (QED) is 0.493. The van der Waals surface area contributed by atoms with Crippen molar-refractivity contribution in [2.24, 2.45) is 0 Å². The van der Waals surface area contributed by atoms with Crippen LogP contribution in [0.25, 0.3) is 0 Å². The van der Waals surface area contributed by atoms with Gasteiger partial charge < -0.3 is 15.0 Å². The fourth-order valence-corrected chi connectivity index (χ4v) is 7.96. The fraction of sp³-hybridized carbons (Fsp3) is 0.556. The van der Waals surface area contributed by atoms with E-state index in [2.05, 4.69) is 19.2 Å². The number of anilines is 1. The van der Waals surface area contributed by atoms with Crippen LogP contribution < -0.4 is 10.2 Å². The number of fused-ring (bicyclic) bond motifs is 1. The SMILES string of the molecule is CCOC(=O)c1c(NC(=O)c2ccc(S(=O)(=O)N(C)C3CCCCC3)cc2)sc2c1CC[NH+](C(C)C)C2. The lowest BCUT2D eigenvalue weighted by Gasteiger charge is -2.30. The number of nitrogens with zero attached hydrogens (tertiary/aromatic N) is 1. The molecule has 1 aliphatic heterocycles. The van der Waals surface area contributed by atoms with Gasteiger partial charge in [-0.05, 0) is 63.4 Å². The van der Waals surface area contributed by atoms with Crippen molar-refractivity contribution >= 4 is 38.2 Å². The van der Waals surface area contributed by atoms with Gasteiger partial charge in [0.05, 0.1) is 34.5 Å². The van der Waals surface area contributed by atoms with Crippen molar-refractivity contribution in [3.8, 4) is 0 Å². The molecule has 4 rings (SSSR count). The van der Waals surface area contributed by atoms with Gasteiger partial charge in [0.2, 0.25) is 10.0 Å². The van der Waals surface area contributed by atoms with Crippen LogP contribution >= 0.6 is 11.3 Å². The van der Waals surface area contributed by atoms with Crippen LogP contribution in [0.3, 0.4) is 0 Å². The summed E-state index contributed by atoms with van der Waals surface area (Å²) >= 11 is 1.43. The van der Waals surface area contributed by atoms with Gasteiger partial charge in [-0.3, -0.25) is 4.79 Å². The minimum absolute atomic E-state index is 0.0151. The molecule has 1 atom stereocenters. The maximum atomic E-state index is 13.2. The summed E-state index contributed by atoms with van der Waals surface area (Å²) in [6.45, 7) is 8.11. The minimum Gasteiger partial charge on any atom is -0.462 e. The molecule has 1 aromatic heterocycles. The number of thiophene rings is 1. The molecule has 8 nitrogen and oxygen atoms in total. The number of hydrogen-bond donors (Lipinski definition) is 2. The first kappa shape index (κ1) is 27.8. The van der Waals surface area contributed by atoms with Gasteiger partial charge in [-0.2, -0.15) is 4.31 Å². The first-order valence-corrected chi connectivity index (χ1v) is 15.4. The highest BCUT2D eigenvalue weighted by atomic mass is 32.2. The Labute approximate surface area is 224 Å². The van der Waals surface area contributed by atoms with E-state index in [1.807, 2.05) is 0 Å². The molecule has 2 aromatic rings. The van der Waals surface area contributed by atoms with E-state index in [1.54, 1.807) is 14.0 Å². The van der Waals surface area contributed by atoms with Gasteiger partial charge in [-0.15, -0.1) is 11.3 Å². The number of carbonyl (C=O) groups excluding carboxylic acids is 2. The van der Waals surface area contributed by atoms with Gasteiger partial charge in [0, 0.05) is 25.1 Å². The molecule has 2 aliphatic rings. The van der Waals surface area contributed by atoms with Crippen molar-refractivity contribution in [2.45, 2.75) is 82.8 Å². The van der Waals surface area contributed by atoms with Gasteiger partial charge in [0.1, 0.15) is 11.5 Å². The van der Waals surface area contributed by atoms with Crippen LogP contribution in [0.2, 0.25) is 0 Å². The summed E-state index contributed by atoms with van der Waals surface area (Å²) < 4.78 is 33.1. The van der Waals surface area contributed by atoms with Crippen LogP contribution in [0, 0.1) is 0 Å². The number of benzene rings is 1. The van der Waals surface area contributed by atoms with E-state index in [0.717, 1.165) is 62.1 Å². The number of ether oxygens (including phenoxy) is 1. The van der Waals surface area contributed by atoms with Crippen molar-refractivity contribution in [2.75, 3.05) is 25.5 Å². The molecule has 1 aliphatic carbocycles. The Morgan fingerprint density at radius 1 is 1.16 bits per heavy atom. The monoisotopic (exact) mass is 548 g/mol. The number of hydrogen-bond acceptors (Lipinski definition) is 6. The number of amides is 1. The number of carbonyl (C=O) groups is 2. The second-order valence-electron chi connectivity index (χ2n) is 10.2. The Morgan fingerprint density at radius 3 is 2.46 bits per heavy atom. The first-order chi connectivity index (χ1) is 17.6. The molecule has 2 heterocycles. The van der Waals surface area contributed by atoms with Crippen molar-refractivity contribution in [1.82, 2.24) is 4.31 Å². The van der Waals surface area contributed by atoms with Gasteiger partial charge in [-0.1, -0.05) is 19.3 Å². The second-order valence-corrected chi connectivity index (χ2v) is 13.3. The summed E-state index contributed by atoms with van der Waals surface area (Å²) in [7, 11) is -2.00. The summed E-state index contributed by atoms with van der Waals surface area (Å²) in [6.07, 6.45) is 5.74. The third-order valence-electron chi connectivity index (χ3n) is 7.58. The van der Waals surface area contributed by atoms with E-state index < -0.39 is 16.0 Å². The van der Waals surface area contributed by atoms with Crippen LogP contribution in [-0.4, -0.2) is 56.9 Å². The largest absolute Gasteiger partial charge is 0.462 e. The molecular formula is C27H38N3O5S2+. The molecule has 10 heteroatoms. The van der Waals surface area contributed by atoms with Crippen LogP contribution in [0.15, 0.2) is 29.2 Å². The summed E-state index contributed by atoms with van der Waals surface area (Å²) in [4.78, 5) is 28.7. The topological polar surface area (TPSA) is 97.2 Å². The Hall–Kier alpha value is -2.27. The molecule has 37 heavy (non-hydrogen) atoms. The predicted molar refractivity (Wildman–Crippen MR) is 145 cm³/mol. The number of rotatable bonds is 8. The van der Waals surface area contributed by atoms with Gasteiger partial charge in [0.15, 0.2) is 0 Å². The molecule has 1 saturated carbocycles. The number of sulfonamides is 1. The molecule has 1 unspecified atom stereocenters. The molecule has 0 bridgehead atoms. The third kappa shape index (κ3) is 5.92. The van der Waals surface area contributed by atoms with Crippen LogP contribution in [0.5, 0.6) is 0 Å². The maximum absolute atomic E-state index is 13.2. The fourth-order valence-electron chi connectivity index (χ4n) is 5.26. The standard InChI is InChI=1S/C27H37N3O5S2/c1-5-35-27(32)24-22-15-16-30(18(2)3)17-23(22)36-26(24)28-25(31)19-11-13-21(14-12-19)37(33,34)29(4)20-9-7-6-8-10-20/h11-14,18,20H,5-10,15-17H2,1-4H3,(H,28,31)/p+1. The van der Waals surface area contributed by atoms with E-state index in [4.69, 9.17) is 4.74 Å². The van der Waals surface area contributed by atoms with Gasteiger partial charge in [-0.25, -0.2) is 13.2 Å². The van der Waals surface area contributed by atoms with Crippen molar-refractivity contribution < 1.29 is 27.6 Å². The number of nitrogens with one attached hydrogen (secondary N) is 2.